The molecule has 0 unspecified atom stereocenters. The van der Waals surface area contributed by atoms with E-state index in [4.69, 9.17) is 5.26 Å². The van der Waals surface area contributed by atoms with E-state index in [-0.39, 0.29) is 12.3 Å². The van der Waals surface area contributed by atoms with Crippen LogP contribution >= 0.6 is 0 Å². The van der Waals surface area contributed by atoms with Crippen molar-refractivity contribution in [2.24, 2.45) is 5.92 Å². The van der Waals surface area contributed by atoms with Crippen LogP contribution in [-0.2, 0) is 16.0 Å². The molecular formula is C16H18N2O3. The Bertz CT molecular complexity index is 554. The highest BCUT2D eigenvalue weighted by atomic mass is 16.4. The number of carbonyl (C=O) groups is 2. The summed E-state index contributed by atoms with van der Waals surface area (Å²) in [5, 5.41) is 18.1. The molecule has 0 aromatic heterocycles. The number of hydrogen-bond donors (Lipinski definition) is 1. The van der Waals surface area contributed by atoms with Gasteiger partial charge in [0.1, 0.15) is 5.92 Å². The Kier molecular flexibility index (Phi) is 4.94. The summed E-state index contributed by atoms with van der Waals surface area (Å²) < 4.78 is 0. The topological polar surface area (TPSA) is 81.4 Å². The molecular weight excluding hydrogens is 268 g/mol. The number of likely N-dealkylation sites (tertiary alicyclic amines) is 1. The summed E-state index contributed by atoms with van der Waals surface area (Å²) in [4.78, 5) is 25.4. The number of nitrogens with zero attached hydrogens (tertiary/aromatic N) is 2. The van der Waals surface area contributed by atoms with Crippen molar-refractivity contribution < 1.29 is 14.7 Å². The minimum absolute atomic E-state index is 0.163. The highest BCUT2D eigenvalue weighted by Crippen LogP contribution is 2.17. The van der Waals surface area contributed by atoms with Crippen molar-refractivity contribution >= 4 is 11.9 Å². The average molecular weight is 286 g/mol. The van der Waals surface area contributed by atoms with Crippen LogP contribution in [0.2, 0.25) is 0 Å². The van der Waals surface area contributed by atoms with Crippen molar-refractivity contribution in [3.05, 3.63) is 35.4 Å². The molecule has 1 fully saturated rings. The first kappa shape index (κ1) is 15.0. The molecule has 1 aromatic carbocycles. The third kappa shape index (κ3) is 3.82. The lowest BCUT2D eigenvalue weighted by atomic mass is 9.96. The third-order valence-corrected chi connectivity index (χ3v) is 3.79. The van der Waals surface area contributed by atoms with Crippen molar-refractivity contribution in [2.75, 3.05) is 13.1 Å². The first-order chi connectivity index (χ1) is 10.1. The number of amides is 1. The SMILES string of the molecule is N#Cc1ccc(C[C@H](C(=O)O)C(=O)N2CCCCC2)cc1. The number of rotatable bonds is 4. The highest BCUT2D eigenvalue weighted by molar-refractivity contribution is 5.97. The molecule has 1 amide bonds. The van der Waals surface area contributed by atoms with E-state index in [9.17, 15) is 14.7 Å². The van der Waals surface area contributed by atoms with Gasteiger partial charge in [0.25, 0.3) is 0 Å². The number of carboxylic acid groups (broad SMARTS) is 1. The van der Waals surface area contributed by atoms with Gasteiger partial charge < -0.3 is 10.0 Å². The largest absolute Gasteiger partial charge is 0.481 e. The molecule has 0 saturated carbocycles. The van der Waals surface area contributed by atoms with Crippen LogP contribution in [0.1, 0.15) is 30.4 Å². The number of aliphatic carboxylic acids is 1. The second kappa shape index (κ2) is 6.89. The van der Waals surface area contributed by atoms with Crippen LogP contribution in [0.15, 0.2) is 24.3 Å². The second-order valence-corrected chi connectivity index (χ2v) is 5.29. The van der Waals surface area contributed by atoms with Crippen LogP contribution in [0.25, 0.3) is 0 Å². The Hall–Kier alpha value is -2.35. The van der Waals surface area contributed by atoms with Crippen LogP contribution in [0.4, 0.5) is 0 Å². The predicted molar refractivity (Wildman–Crippen MR) is 76.4 cm³/mol. The third-order valence-electron chi connectivity index (χ3n) is 3.79. The Balaban J connectivity index is 2.09. The van der Waals surface area contributed by atoms with Crippen LogP contribution in [0.5, 0.6) is 0 Å². The summed E-state index contributed by atoms with van der Waals surface area (Å²) in [5.74, 6) is -2.43. The number of piperidine rings is 1. The monoisotopic (exact) mass is 286 g/mol. The maximum Gasteiger partial charge on any atom is 0.316 e. The van der Waals surface area contributed by atoms with Gasteiger partial charge in [-0.1, -0.05) is 12.1 Å². The fraction of sp³-hybridized carbons (Fsp3) is 0.438. The highest BCUT2D eigenvalue weighted by Gasteiger charge is 2.31. The molecule has 1 N–H and O–H groups in total. The molecule has 110 valence electrons. The molecule has 1 atom stereocenters. The molecule has 1 aliphatic rings. The lowest BCUT2D eigenvalue weighted by molar-refractivity contribution is -0.151. The molecule has 0 spiro atoms. The summed E-state index contributed by atoms with van der Waals surface area (Å²) >= 11 is 0. The number of carbonyl (C=O) groups excluding carboxylic acids is 1. The van der Waals surface area contributed by atoms with E-state index in [1.807, 2.05) is 6.07 Å². The van der Waals surface area contributed by atoms with Crippen molar-refractivity contribution in [1.82, 2.24) is 4.90 Å². The van der Waals surface area contributed by atoms with Gasteiger partial charge in [0, 0.05) is 13.1 Å². The maximum atomic E-state index is 12.4. The molecule has 0 bridgehead atoms. The maximum absolute atomic E-state index is 12.4. The molecule has 1 aromatic rings. The van der Waals surface area contributed by atoms with Crippen LogP contribution in [0, 0.1) is 17.2 Å². The summed E-state index contributed by atoms with van der Waals surface area (Å²) in [6.07, 6.45) is 3.14. The average Bonchev–Trinajstić information content (AvgIpc) is 2.53. The van der Waals surface area contributed by atoms with Gasteiger partial charge in [0.2, 0.25) is 5.91 Å². The standard InChI is InChI=1S/C16H18N2O3/c17-11-13-6-4-12(5-7-13)10-14(16(20)21)15(19)18-8-2-1-3-9-18/h4-7,14H,1-3,8-10H2,(H,20,21)/t14-/m0/s1. The van der Waals surface area contributed by atoms with E-state index in [2.05, 4.69) is 0 Å². The summed E-state index contributed by atoms with van der Waals surface area (Å²) in [6, 6.07) is 8.70. The zero-order valence-electron chi connectivity index (χ0n) is 11.8. The molecule has 0 radical (unpaired) electrons. The van der Waals surface area contributed by atoms with Gasteiger partial charge in [-0.3, -0.25) is 9.59 Å². The minimum atomic E-state index is -1.09. The number of carboxylic acids is 1. The van der Waals surface area contributed by atoms with Crippen molar-refractivity contribution in [3.8, 4) is 6.07 Å². The zero-order valence-corrected chi connectivity index (χ0v) is 11.8. The normalized spacial score (nSPS) is 16.0. The van der Waals surface area contributed by atoms with Gasteiger partial charge in [-0.25, -0.2) is 0 Å². The first-order valence-corrected chi connectivity index (χ1v) is 7.12. The number of benzene rings is 1. The van der Waals surface area contributed by atoms with E-state index in [1.165, 1.54) is 0 Å². The molecule has 0 aliphatic carbocycles. The van der Waals surface area contributed by atoms with Crippen LogP contribution < -0.4 is 0 Å². The summed E-state index contributed by atoms with van der Waals surface area (Å²) in [5.41, 5.74) is 1.28. The van der Waals surface area contributed by atoms with E-state index in [0.29, 0.717) is 18.7 Å². The Labute approximate surface area is 123 Å². The van der Waals surface area contributed by atoms with Crippen molar-refractivity contribution in [1.29, 1.82) is 5.26 Å². The first-order valence-electron chi connectivity index (χ1n) is 7.12. The molecule has 1 aliphatic heterocycles. The van der Waals surface area contributed by atoms with E-state index >= 15 is 0 Å². The predicted octanol–water partition coefficient (Wildman–Crippen LogP) is 1.81. The Morgan fingerprint density at radius 3 is 2.33 bits per heavy atom. The lowest BCUT2D eigenvalue weighted by Crippen LogP contribution is -2.43. The number of nitriles is 1. The zero-order chi connectivity index (χ0) is 15.2. The van der Waals surface area contributed by atoms with E-state index < -0.39 is 11.9 Å². The lowest BCUT2D eigenvalue weighted by Gasteiger charge is -2.29. The van der Waals surface area contributed by atoms with Gasteiger partial charge >= 0.3 is 5.97 Å². The smallest absolute Gasteiger partial charge is 0.316 e. The molecule has 2 rings (SSSR count). The van der Waals surface area contributed by atoms with Gasteiger partial charge in [-0.15, -0.1) is 0 Å². The van der Waals surface area contributed by atoms with Crippen LogP contribution in [-0.4, -0.2) is 35.0 Å². The fourth-order valence-electron chi connectivity index (χ4n) is 2.57. The summed E-state index contributed by atoms with van der Waals surface area (Å²) in [7, 11) is 0. The van der Waals surface area contributed by atoms with E-state index in [0.717, 1.165) is 24.8 Å². The number of hydrogen-bond acceptors (Lipinski definition) is 3. The van der Waals surface area contributed by atoms with Gasteiger partial charge in [0.05, 0.1) is 11.6 Å². The van der Waals surface area contributed by atoms with Crippen molar-refractivity contribution in [3.63, 3.8) is 0 Å². The quantitative estimate of drug-likeness (QED) is 0.856. The fourth-order valence-corrected chi connectivity index (χ4v) is 2.57. The Morgan fingerprint density at radius 2 is 1.81 bits per heavy atom. The molecule has 5 heteroatoms. The van der Waals surface area contributed by atoms with Crippen molar-refractivity contribution in [2.45, 2.75) is 25.7 Å². The summed E-state index contributed by atoms with van der Waals surface area (Å²) in [6.45, 7) is 1.30. The van der Waals surface area contributed by atoms with E-state index in [1.54, 1.807) is 29.2 Å². The molecule has 5 nitrogen and oxygen atoms in total. The van der Waals surface area contributed by atoms with Gasteiger partial charge in [-0.05, 0) is 43.4 Å². The second-order valence-electron chi connectivity index (χ2n) is 5.29. The molecule has 21 heavy (non-hydrogen) atoms. The van der Waals surface area contributed by atoms with Gasteiger partial charge in [-0.2, -0.15) is 5.26 Å². The molecule has 1 heterocycles. The minimum Gasteiger partial charge on any atom is -0.481 e. The Morgan fingerprint density at radius 1 is 1.19 bits per heavy atom. The molecule has 1 saturated heterocycles. The van der Waals surface area contributed by atoms with Crippen LogP contribution in [0.3, 0.4) is 0 Å². The van der Waals surface area contributed by atoms with Gasteiger partial charge in [0.15, 0.2) is 0 Å².